The molecule has 0 radical (unpaired) electrons. The Labute approximate surface area is 98.4 Å². The number of nitrogens with zero attached hydrogens (tertiary/aromatic N) is 1. The van der Waals surface area contributed by atoms with Crippen LogP contribution in [-0.4, -0.2) is 18.1 Å². The Kier molecular flexibility index (Phi) is 1.98. The third-order valence-corrected chi connectivity index (χ3v) is 2.41. The first kappa shape index (κ1) is 6.14. The van der Waals surface area contributed by atoms with E-state index in [1.54, 1.807) is 0 Å². The fourth-order valence-corrected chi connectivity index (χ4v) is 1.65. The molecule has 1 aromatic heterocycles. The Balaban J connectivity index is 3.53. The zero-order valence-corrected chi connectivity index (χ0v) is 9.69. The van der Waals surface area contributed by atoms with Gasteiger partial charge < -0.3 is 4.74 Å². The van der Waals surface area contributed by atoms with Crippen LogP contribution in [0, 0.1) is 6.85 Å². The highest BCUT2D eigenvalue weighted by molar-refractivity contribution is 9.11. The Hall–Kier alpha value is -0.420. The van der Waals surface area contributed by atoms with Crippen molar-refractivity contribution >= 4 is 37.8 Å². The molecule has 13 heavy (non-hydrogen) atoms. The molecule has 0 amide bonds. The molecule has 0 saturated carbocycles. The van der Waals surface area contributed by atoms with Gasteiger partial charge in [0.25, 0.3) is 0 Å². The molecule has 0 aliphatic carbocycles. The van der Waals surface area contributed by atoms with Crippen molar-refractivity contribution < 1.29 is 15.0 Å². The fourth-order valence-electron chi connectivity index (χ4n) is 0.632. The summed E-state index contributed by atoms with van der Waals surface area (Å²) in [5.74, 6) is -0.798. The molecule has 0 spiro atoms. The lowest BCUT2D eigenvalue weighted by atomic mass is 10.3. The van der Waals surface area contributed by atoms with E-state index in [1.165, 1.54) is 0 Å². The van der Waals surface area contributed by atoms with Crippen molar-refractivity contribution in [1.29, 1.82) is 0 Å². The van der Waals surface area contributed by atoms with E-state index < -0.39 is 12.8 Å². The molecule has 5 heteroatoms. The van der Waals surface area contributed by atoms with Crippen LogP contribution in [-0.2, 0) is 4.74 Å². The number of hydrogen-bond acceptors (Lipinski definition) is 3. The highest BCUT2D eigenvalue weighted by Crippen LogP contribution is 2.23. The van der Waals surface area contributed by atoms with Crippen LogP contribution in [0.25, 0.3) is 0 Å². The van der Waals surface area contributed by atoms with Crippen LogP contribution >= 0.6 is 31.9 Å². The van der Waals surface area contributed by atoms with Gasteiger partial charge in [0.2, 0.25) is 0 Å². The molecule has 0 aromatic carbocycles. The zero-order valence-electron chi connectivity index (χ0n) is 10.5. The minimum absolute atomic E-state index is 0.000208. The Bertz CT molecular complexity index is 476. The van der Waals surface area contributed by atoms with E-state index in [1.807, 2.05) is 0 Å². The molecule has 0 N–H and O–H groups in total. The summed E-state index contributed by atoms with van der Waals surface area (Å²) in [6, 6.07) is -0.314. The average molecular weight is 313 g/mol. The summed E-state index contributed by atoms with van der Waals surface area (Å²) in [7, 11) is 1.16. The zero-order chi connectivity index (χ0) is 13.4. The Morgan fingerprint density at radius 2 is 2.46 bits per heavy atom. The van der Waals surface area contributed by atoms with Crippen LogP contribution in [0.5, 0.6) is 0 Å². The minimum atomic E-state index is -2.44. The highest BCUT2D eigenvalue weighted by Gasteiger charge is 2.11. The summed E-state index contributed by atoms with van der Waals surface area (Å²) < 4.78 is 34.0. The van der Waals surface area contributed by atoms with E-state index in [9.17, 15) is 4.79 Å². The topological polar surface area (TPSA) is 39.2 Å². The van der Waals surface area contributed by atoms with Crippen LogP contribution in [0.4, 0.5) is 0 Å². The molecule has 0 aliphatic heterocycles. The van der Waals surface area contributed by atoms with Gasteiger partial charge in [-0.2, -0.15) is 0 Å². The van der Waals surface area contributed by atoms with Crippen molar-refractivity contribution in [3.63, 3.8) is 0 Å². The summed E-state index contributed by atoms with van der Waals surface area (Å²) >= 11 is 5.96. The maximum atomic E-state index is 11.3. The third kappa shape index (κ3) is 2.28. The number of esters is 1. The van der Waals surface area contributed by atoms with Gasteiger partial charge in [0.1, 0.15) is 4.60 Å². The molecule has 0 unspecified atom stereocenters. The van der Waals surface area contributed by atoms with Gasteiger partial charge in [0.05, 0.1) is 8.48 Å². The van der Waals surface area contributed by atoms with Crippen LogP contribution in [0.15, 0.2) is 15.1 Å². The lowest BCUT2D eigenvalue weighted by Crippen LogP contribution is -2.05. The largest absolute Gasteiger partial charge is 0.464 e. The van der Waals surface area contributed by atoms with E-state index in [0.29, 0.717) is 0 Å². The number of ether oxygens (including phenoxy) is 1. The van der Waals surface area contributed by atoms with E-state index in [4.69, 9.17) is 5.48 Å². The highest BCUT2D eigenvalue weighted by atomic mass is 79.9. The number of carbonyl (C=O) groups is 1. The van der Waals surface area contributed by atoms with Crippen molar-refractivity contribution in [3.8, 4) is 0 Å². The predicted octanol–water partition coefficient (Wildman–Crippen LogP) is 2.70. The monoisotopic (exact) mass is 311 g/mol. The molecular weight excluding hydrogens is 302 g/mol. The van der Waals surface area contributed by atoms with Gasteiger partial charge >= 0.3 is 5.97 Å². The predicted molar refractivity (Wildman–Crippen MR) is 55.7 cm³/mol. The van der Waals surface area contributed by atoms with Crippen LogP contribution < -0.4 is 0 Å². The molecule has 0 saturated heterocycles. The Morgan fingerprint density at radius 1 is 1.77 bits per heavy atom. The smallest absolute Gasteiger partial charge is 0.356 e. The van der Waals surface area contributed by atoms with Crippen molar-refractivity contribution in [2.24, 2.45) is 0 Å². The van der Waals surface area contributed by atoms with Crippen LogP contribution in [0.1, 0.15) is 21.5 Å². The molecule has 1 aromatic rings. The van der Waals surface area contributed by atoms with E-state index in [-0.39, 0.29) is 26.4 Å². The molecule has 1 heterocycles. The fraction of sp³-hybridized carbons (Fsp3) is 0.250. The maximum absolute atomic E-state index is 11.3. The molecule has 0 bridgehead atoms. The SMILES string of the molecule is [2H]c1c(C(=O)OC)nc(Br)c(C([2H])([2H])[2H])c1Br. The van der Waals surface area contributed by atoms with Crippen molar-refractivity contribution in [2.75, 3.05) is 7.11 Å². The first-order valence-corrected chi connectivity index (χ1v) is 4.73. The second-order valence-corrected chi connectivity index (χ2v) is 3.60. The normalized spacial score (nSPS) is 15.3. The first-order chi connectivity index (χ1) is 7.70. The lowest BCUT2D eigenvalue weighted by Gasteiger charge is -2.03. The summed E-state index contributed by atoms with van der Waals surface area (Å²) in [4.78, 5) is 15.0. The summed E-state index contributed by atoms with van der Waals surface area (Å²) in [5, 5.41) is 0. The number of rotatable bonds is 1. The second-order valence-electron chi connectivity index (χ2n) is 2.06. The number of pyridine rings is 1. The molecule has 0 fully saturated rings. The molecule has 1 rings (SSSR count). The van der Waals surface area contributed by atoms with Crippen molar-refractivity contribution in [3.05, 3.63) is 26.4 Å². The molecule has 0 atom stereocenters. The number of aromatic nitrogens is 1. The first-order valence-electron chi connectivity index (χ1n) is 5.14. The van der Waals surface area contributed by atoms with Crippen molar-refractivity contribution in [2.45, 2.75) is 6.85 Å². The number of halogens is 2. The lowest BCUT2D eigenvalue weighted by molar-refractivity contribution is 0.0593. The second kappa shape index (κ2) is 4.19. The van der Waals surface area contributed by atoms with Gasteiger partial charge in [0, 0.05) is 8.58 Å². The van der Waals surface area contributed by atoms with Gasteiger partial charge in [-0.15, -0.1) is 0 Å². The standard InChI is InChI=1S/C8H7Br2NO2/c1-4-5(9)3-6(8(12)13-2)11-7(4)10/h3H,1-2H3/i1D3,3D. The number of hydrogen-bond donors (Lipinski definition) is 0. The van der Waals surface area contributed by atoms with Crippen molar-refractivity contribution in [1.82, 2.24) is 4.98 Å². The molecular formula is C8H7Br2NO2. The van der Waals surface area contributed by atoms with Gasteiger partial charge in [-0.1, -0.05) is 15.9 Å². The number of carbonyl (C=O) groups excluding carboxylic acids is 1. The molecule has 0 aliphatic rings. The number of methoxy groups -OCH3 is 1. The maximum Gasteiger partial charge on any atom is 0.356 e. The third-order valence-electron chi connectivity index (χ3n) is 1.24. The van der Waals surface area contributed by atoms with E-state index in [2.05, 4.69) is 41.6 Å². The van der Waals surface area contributed by atoms with Gasteiger partial charge in [-0.25, -0.2) is 9.78 Å². The van der Waals surface area contributed by atoms with Crippen LogP contribution in [0.2, 0.25) is 0 Å². The molecule has 3 nitrogen and oxygen atoms in total. The van der Waals surface area contributed by atoms with Gasteiger partial charge in [0.15, 0.2) is 5.69 Å². The summed E-state index contributed by atoms with van der Waals surface area (Å²) in [5.41, 5.74) is -0.394. The summed E-state index contributed by atoms with van der Waals surface area (Å²) in [6.45, 7) is -2.44. The van der Waals surface area contributed by atoms with Gasteiger partial charge in [-0.05, 0) is 34.4 Å². The van der Waals surface area contributed by atoms with Crippen LogP contribution in [0.3, 0.4) is 0 Å². The quantitative estimate of drug-likeness (QED) is 0.591. The van der Waals surface area contributed by atoms with Gasteiger partial charge in [-0.3, -0.25) is 0 Å². The van der Waals surface area contributed by atoms with E-state index in [0.717, 1.165) is 7.11 Å². The minimum Gasteiger partial charge on any atom is -0.464 e. The Morgan fingerprint density at radius 3 is 3.00 bits per heavy atom. The van der Waals surface area contributed by atoms with E-state index >= 15 is 0 Å². The average Bonchev–Trinajstić information content (AvgIpc) is 2.20. The summed E-state index contributed by atoms with van der Waals surface area (Å²) in [6.07, 6.45) is 0. The molecule has 70 valence electrons.